The Labute approximate surface area is 85.5 Å². The Balaban J connectivity index is 0.000000461. The molecule has 0 aliphatic carbocycles. The van der Waals surface area contributed by atoms with Gasteiger partial charge in [0.25, 0.3) is 0 Å². The van der Waals surface area contributed by atoms with Crippen molar-refractivity contribution in [2.75, 3.05) is 18.5 Å². The van der Waals surface area contributed by atoms with Gasteiger partial charge in [0.1, 0.15) is 0 Å². The summed E-state index contributed by atoms with van der Waals surface area (Å²) in [6.07, 6.45) is 2.86. The minimum Gasteiger partial charge on any atom is -0.476 e. The quantitative estimate of drug-likeness (QED) is 0.689. The first-order chi connectivity index (χ1) is 6.86. The van der Waals surface area contributed by atoms with Crippen molar-refractivity contribution in [3.05, 3.63) is 17.8 Å². The lowest BCUT2D eigenvalue weighted by atomic mass is 10.3. The number of nitrogens with zero attached hydrogens (tertiary/aromatic N) is 1. The molecule has 3 nitrogen and oxygen atoms in total. The van der Waals surface area contributed by atoms with E-state index in [4.69, 9.17) is 4.74 Å². The Morgan fingerprint density at radius 3 is 3.00 bits per heavy atom. The molecule has 14 heavy (non-hydrogen) atoms. The summed E-state index contributed by atoms with van der Waals surface area (Å²) >= 11 is 0. The van der Waals surface area contributed by atoms with E-state index >= 15 is 0 Å². The van der Waals surface area contributed by atoms with Crippen LogP contribution in [0, 0.1) is 6.92 Å². The van der Waals surface area contributed by atoms with Gasteiger partial charge in [-0.2, -0.15) is 0 Å². The number of hydrogen-bond donors (Lipinski definition) is 1. The van der Waals surface area contributed by atoms with E-state index in [-0.39, 0.29) is 0 Å². The van der Waals surface area contributed by atoms with E-state index in [1.165, 1.54) is 0 Å². The van der Waals surface area contributed by atoms with Crippen molar-refractivity contribution < 1.29 is 4.74 Å². The monoisotopic (exact) mass is 194 g/mol. The first kappa shape index (κ1) is 10.8. The Bertz CT molecular complexity index is 287. The SMILES string of the molecule is CC.Cc1cnc2c(c1)NCCCO2. The maximum absolute atomic E-state index is 5.43. The van der Waals surface area contributed by atoms with Crippen LogP contribution in [0.3, 0.4) is 0 Å². The van der Waals surface area contributed by atoms with Crippen LogP contribution in [0.4, 0.5) is 5.69 Å². The lowest BCUT2D eigenvalue weighted by Crippen LogP contribution is -2.00. The second-order valence-electron chi connectivity index (χ2n) is 2.99. The van der Waals surface area contributed by atoms with Gasteiger partial charge < -0.3 is 10.1 Å². The number of pyridine rings is 1. The summed E-state index contributed by atoms with van der Waals surface area (Å²) in [5.41, 5.74) is 2.18. The fraction of sp³-hybridized carbons (Fsp3) is 0.545. The molecule has 2 rings (SSSR count). The third kappa shape index (κ3) is 2.62. The van der Waals surface area contributed by atoms with Crippen LogP contribution in [-0.4, -0.2) is 18.1 Å². The summed E-state index contributed by atoms with van der Waals surface area (Å²) in [6.45, 7) is 7.76. The van der Waals surface area contributed by atoms with Gasteiger partial charge in [0.05, 0.1) is 12.3 Å². The molecule has 0 spiro atoms. The number of aryl methyl sites for hydroxylation is 1. The van der Waals surface area contributed by atoms with Crippen molar-refractivity contribution in [3.8, 4) is 5.88 Å². The van der Waals surface area contributed by atoms with E-state index in [0.29, 0.717) is 0 Å². The number of nitrogens with one attached hydrogen (secondary N) is 1. The highest BCUT2D eigenvalue weighted by Crippen LogP contribution is 2.24. The van der Waals surface area contributed by atoms with Gasteiger partial charge in [-0.3, -0.25) is 0 Å². The van der Waals surface area contributed by atoms with Gasteiger partial charge in [-0.15, -0.1) is 0 Å². The highest BCUT2D eigenvalue weighted by molar-refractivity contribution is 5.54. The highest BCUT2D eigenvalue weighted by Gasteiger charge is 2.08. The molecule has 0 bridgehead atoms. The van der Waals surface area contributed by atoms with Crippen LogP contribution in [0.1, 0.15) is 25.8 Å². The average Bonchev–Trinajstić information content (AvgIpc) is 2.45. The topological polar surface area (TPSA) is 34.2 Å². The van der Waals surface area contributed by atoms with E-state index in [1.807, 2.05) is 27.0 Å². The zero-order chi connectivity index (χ0) is 10.4. The van der Waals surface area contributed by atoms with Crippen molar-refractivity contribution in [1.29, 1.82) is 0 Å². The zero-order valence-electron chi connectivity index (χ0n) is 9.13. The molecule has 0 saturated carbocycles. The standard InChI is InChI=1S/C9H12N2O.C2H6/c1-7-5-8-9(11-6-7)12-4-2-3-10-8;1-2/h5-6,10H,2-4H2,1H3;1-2H3. The fourth-order valence-electron chi connectivity index (χ4n) is 1.26. The molecule has 0 atom stereocenters. The van der Waals surface area contributed by atoms with E-state index < -0.39 is 0 Å². The van der Waals surface area contributed by atoms with Crippen LogP contribution in [0.25, 0.3) is 0 Å². The molecule has 0 saturated heterocycles. The Kier molecular flexibility index (Phi) is 4.23. The number of fused-ring (bicyclic) bond motifs is 1. The highest BCUT2D eigenvalue weighted by atomic mass is 16.5. The minimum absolute atomic E-state index is 0.734. The van der Waals surface area contributed by atoms with Crippen molar-refractivity contribution >= 4 is 5.69 Å². The average molecular weight is 194 g/mol. The molecule has 78 valence electrons. The number of anilines is 1. The number of rotatable bonds is 0. The summed E-state index contributed by atoms with van der Waals surface area (Å²) in [6, 6.07) is 2.06. The Morgan fingerprint density at radius 1 is 1.43 bits per heavy atom. The van der Waals surface area contributed by atoms with E-state index in [1.54, 1.807) is 0 Å². The predicted octanol–water partition coefficient (Wildman–Crippen LogP) is 2.61. The van der Waals surface area contributed by atoms with Gasteiger partial charge in [0, 0.05) is 12.7 Å². The maximum Gasteiger partial charge on any atom is 0.237 e. The number of ether oxygens (including phenoxy) is 1. The predicted molar refractivity (Wildman–Crippen MR) is 58.9 cm³/mol. The largest absolute Gasteiger partial charge is 0.476 e. The van der Waals surface area contributed by atoms with E-state index in [9.17, 15) is 0 Å². The molecule has 0 fully saturated rings. The first-order valence-electron chi connectivity index (χ1n) is 5.19. The zero-order valence-corrected chi connectivity index (χ0v) is 9.13. The molecule has 1 aliphatic heterocycles. The van der Waals surface area contributed by atoms with Crippen LogP contribution in [0.5, 0.6) is 5.88 Å². The second kappa shape index (κ2) is 5.47. The lowest BCUT2D eigenvalue weighted by Gasteiger charge is -2.05. The van der Waals surface area contributed by atoms with Crippen molar-refractivity contribution in [2.24, 2.45) is 0 Å². The molecule has 0 radical (unpaired) electrons. The summed E-state index contributed by atoms with van der Waals surface area (Å²) in [4.78, 5) is 4.19. The van der Waals surface area contributed by atoms with Crippen molar-refractivity contribution in [3.63, 3.8) is 0 Å². The summed E-state index contributed by atoms with van der Waals surface area (Å²) in [5.74, 6) is 0.734. The normalized spacial score (nSPS) is 13.6. The van der Waals surface area contributed by atoms with Crippen molar-refractivity contribution in [1.82, 2.24) is 4.98 Å². The van der Waals surface area contributed by atoms with Gasteiger partial charge in [0.2, 0.25) is 5.88 Å². The number of hydrogen-bond acceptors (Lipinski definition) is 3. The summed E-state index contributed by atoms with van der Waals surface area (Å²) in [5, 5.41) is 3.28. The molecule has 0 aromatic carbocycles. The molecule has 1 aromatic heterocycles. The van der Waals surface area contributed by atoms with Crippen LogP contribution in [0.2, 0.25) is 0 Å². The lowest BCUT2D eigenvalue weighted by molar-refractivity contribution is 0.311. The van der Waals surface area contributed by atoms with Gasteiger partial charge in [-0.1, -0.05) is 13.8 Å². The molecule has 0 amide bonds. The third-order valence-electron chi connectivity index (χ3n) is 1.86. The van der Waals surface area contributed by atoms with Gasteiger partial charge in [-0.25, -0.2) is 4.98 Å². The molecular weight excluding hydrogens is 176 g/mol. The van der Waals surface area contributed by atoms with E-state index in [2.05, 4.69) is 16.4 Å². The molecule has 1 aliphatic rings. The summed E-state index contributed by atoms with van der Waals surface area (Å²) < 4.78 is 5.43. The molecule has 0 unspecified atom stereocenters. The molecule has 1 N–H and O–H groups in total. The number of aromatic nitrogens is 1. The second-order valence-corrected chi connectivity index (χ2v) is 2.99. The van der Waals surface area contributed by atoms with Crippen LogP contribution in [0.15, 0.2) is 12.3 Å². The van der Waals surface area contributed by atoms with Gasteiger partial charge in [-0.05, 0) is 25.0 Å². The molecule has 1 aromatic rings. The van der Waals surface area contributed by atoms with Crippen LogP contribution in [-0.2, 0) is 0 Å². The summed E-state index contributed by atoms with van der Waals surface area (Å²) in [7, 11) is 0. The van der Waals surface area contributed by atoms with Crippen LogP contribution < -0.4 is 10.1 Å². The third-order valence-corrected chi connectivity index (χ3v) is 1.86. The van der Waals surface area contributed by atoms with Gasteiger partial charge >= 0.3 is 0 Å². The molecular formula is C11H18N2O. The Morgan fingerprint density at radius 2 is 2.21 bits per heavy atom. The van der Waals surface area contributed by atoms with Crippen LogP contribution >= 0.6 is 0 Å². The van der Waals surface area contributed by atoms with E-state index in [0.717, 1.165) is 36.7 Å². The minimum atomic E-state index is 0.734. The Hall–Kier alpha value is -1.25. The maximum atomic E-state index is 5.43. The van der Waals surface area contributed by atoms with Gasteiger partial charge in [0.15, 0.2) is 0 Å². The first-order valence-corrected chi connectivity index (χ1v) is 5.19. The molecule has 3 heteroatoms. The van der Waals surface area contributed by atoms with Crippen molar-refractivity contribution in [2.45, 2.75) is 27.2 Å². The molecule has 2 heterocycles. The smallest absolute Gasteiger partial charge is 0.237 e. The fourth-order valence-corrected chi connectivity index (χ4v) is 1.26.